The van der Waals surface area contributed by atoms with Crippen LogP contribution in [0.25, 0.3) is 0 Å². The molecule has 0 atom stereocenters. The van der Waals surface area contributed by atoms with E-state index in [9.17, 15) is 9.59 Å². The molecule has 1 N–H and O–H groups in total. The fourth-order valence-corrected chi connectivity index (χ4v) is 3.68. The molecule has 6 heteroatoms. The molecule has 0 saturated heterocycles. The number of carbonyl (C=O) groups is 2. The van der Waals surface area contributed by atoms with Crippen molar-refractivity contribution in [2.24, 2.45) is 0 Å². The minimum absolute atomic E-state index is 0.177. The summed E-state index contributed by atoms with van der Waals surface area (Å²) < 4.78 is 0. The van der Waals surface area contributed by atoms with Crippen LogP contribution in [0, 0.1) is 13.8 Å². The van der Waals surface area contributed by atoms with Gasteiger partial charge in [-0.2, -0.15) is 0 Å². The number of hydrogen-bond donors (Lipinski definition) is 1. The number of nitrogens with one attached hydrogen (secondary N) is 1. The zero-order chi connectivity index (χ0) is 23.6. The molecule has 1 heterocycles. The summed E-state index contributed by atoms with van der Waals surface area (Å²) in [7, 11) is 0. The molecule has 172 valence electrons. The second kappa shape index (κ2) is 11.9. The lowest BCUT2D eigenvalue weighted by Crippen LogP contribution is -2.25. The van der Waals surface area contributed by atoms with Crippen LogP contribution >= 0.6 is 0 Å². The van der Waals surface area contributed by atoms with Crippen LogP contribution < -0.4 is 10.2 Å². The van der Waals surface area contributed by atoms with E-state index in [1.54, 1.807) is 19.3 Å². The maximum absolute atomic E-state index is 12.5. The first kappa shape index (κ1) is 24.1. The standard InChI is InChI=1S/C27H32N4O2/c1-20-12-7-9-15-24(20)31(25-16-10-8-13-21(25)2)27-29-18-23(19-30-27)26(33)28-17-11-5-4-6-14-22(3)32/h7-10,12-13,15-16,18-19H,4-6,11,14,17H2,1-3H3,(H,28,33). The Balaban J connectivity index is 1.68. The summed E-state index contributed by atoms with van der Waals surface area (Å²) in [5.41, 5.74) is 4.64. The molecule has 3 aromatic rings. The fraction of sp³-hybridized carbons (Fsp3) is 0.333. The number of unbranched alkanes of at least 4 members (excludes halogenated alkanes) is 3. The minimum Gasteiger partial charge on any atom is -0.352 e. The maximum Gasteiger partial charge on any atom is 0.254 e. The first-order valence-corrected chi connectivity index (χ1v) is 11.5. The Morgan fingerprint density at radius 3 is 1.91 bits per heavy atom. The number of anilines is 3. The van der Waals surface area contributed by atoms with Crippen LogP contribution in [0.1, 0.15) is 60.5 Å². The zero-order valence-corrected chi connectivity index (χ0v) is 19.7. The van der Waals surface area contributed by atoms with Crippen molar-refractivity contribution in [1.29, 1.82) is 0 Å². The van der Waals surface area contributed by atoms with Gasteiger partial charge < -0.3 is 10.1 Å². The molecule has 0 bridgehead atoms. The smallest absolute Gasteiger partial charge is 0.254 e. The van der Waals surface area contributed by atoms with Gasteiger partial charge in [0.1, 0.15) is 5.78 Å². The SMILES string of the molecule is CC(=O)CCCCCCNC(=O)c1cnc(N(c2ccccc2C)c2ccccc2C)nc1. The zero-order valence-electron chi connectivity index (χ0n) is 19.7. The third-order valence-electron chi connectivity index (χ3n) is 5.55. The van der Waals surface area contributed by atoms with Crippen LogP contribution in [-0.4, -0.2) is 28.2 Å². The van der Waals surface area contributed by atoms with Crippen molar-refractivity contribution in [2.45, 2.75) is 52.9 Å². The van der Waals surface area contributed by atoms with Gasteiger partial charge in [-0.1, -0.05) is 49.2 Å². The molecule has 0 aliphatic carbocycles. The van der Waals surface area contributed by atoms with Gasteiger partial charge in [-0.25, -0.2) is 9.97 Å². The first-order valence-electron chi connectivity index (χ1n) is 11.5. The molecule has 0 spiro atoms. The third kappa shape index (κ3) is 6.72. The second-order valence-electron chi connectivity index (χ2n) is 8.30. The van der Waals surface area contributed by atoms with Crippen molar-refractivity contribution in [2.75, 3.05) is 11.4 Å². The van der Waals surface area contributed by atoms with E-state index in [0.29, 0.717) is 24.5 Å². The van der Waals surface area contributed by atoms with Crippen molar-refractivity contribution in [3.8, 4) is 0 Å². The van der Waals surface area contributed by atoms with Gasteiger partial charge in [0.2, 0.25) is 5.95 Å². The molecule has 1 amide bonds. The predicted molar refractivity (Wildman–Crippen MR) is 132 cm³/mol. The Labute approximate surface area is 196 Å². The van der Waals surface area contributed by atoms with E-state index >= 15 is 0 Å². The number of rotatable bonds is 11. The van der Waals surface area contributed by atoms with Gasteiger partial charge in [0.05, 0.1) is 16.9 Å². The van der Waals surface area contributed by atoms with Crippen LogP contribution in [0.5, 0.6) is 0 Å². The second-order valence-corrected chi connectivity index (χ2v) is 8.30. The van der Waals surface area contributed by atoms with Crippen LogP contribution in [-0.2, 0) is 4.79 Å². The number of aromatic nitrogens is 2. The molecular weight excluding hydrogens is 412 g/mol. The number of nitrogens with zero attached hydrogens (tertiary/aromatic N) is 3. The van der Waals surface area contributed by atoms with Crippen molar-refractivity contribution in [3.63, 3.8) is 0 Å². The van der Waals surface area contributed by atoms with Crippen molar-refractivity contribution in [3.05, 3.63) is 77.6 Å². The van der Waals surface area contributed by atoms with Gasteiger partial charge in [-0.3, -0.25) is 9.69 Å². The first-order chi connectivity index (χ1) is 16.0. The van der Waals surface area contributed by atoms with E-state index in [1.165, 1.54) is 0 Å². The molecule has 1 aromatic heterocycles. The van der Waals surface area contributed by atoms with Crippen LogP contribution in [0.2, 0.25) is 0 Å². The highest BCUT2D eigenvalue weighted by atomic mass is 16.1. The van der Waals surface area contributed by atoms with Crippen LogP contribution in [0.15, 0.2) is 60.9 Å². The van der Waals surface area contributed by atoms with E-state index in [-0.39, 0.29) is 11.7 Å². The van der Waals surface area contributed by atoms with Crippen molar-refractivity contribution < 1.29 is 9.59 Å². The van der Waals surface area contributed by atoms with Crippen molar-refractivity contribution in [1.82, 2.24) is 15.3 Å². The van der Waals surface area contributed by atoms with E-state index in [2.05, 4.69) is 41.3 Å². The summed E-state index contributed by atoms with van der Waals surface area (Å²) in [4.78, 5) is 34.6. The Kier molecular flexibility index (Phi) is 8.70. The Morgan fingerprint density at radius 1 is 0.818 bits per heavy atom. The number of para-hydroxylation sites is 2. The molecule has 0 saturated carbocycles. The van der Waals surface area contributed by atoms with Gasteiger partial charge in [0.25, 0.3) is 5.91 Å². The topological polar surface area (TPSA) is 75.2 Å². The number of carbonyl (C=O) groups excluding carboxylic acids is 2. The molecule has 0 fully saturated rings. The molecule has 0 aliphatic heterocycles. The number of hydrogen-bond acceptors (Lipinski definition) is 5. The Morgan fingerprint density at radius 2 is 1.36 bits per heavy atom. The highest BCUT2D eigenvalue weighted by Crippen LogP contribution is 2.35. The fourth-order valence-electron chi connectivity index (χ4n) is 3.68. The van der Waals surface area contributed by atoms with E-state index < -0.39 is 0 Å². The summed E-state index contributed by atoms with van der Waals surface area (Å²) in [6.45, 7) is 6.33. The lowest BCUT2D eigenvalue weighted by molar-refractivity contribution is -0.117. The molecule has 33 heavy (non-hydrogen) atoms. The summed E-state index contributed by atoms with van der Waals surface area (Å²) in [6.07, 6.45) is 7.58. The average molecular weight is 445 g/mol. The van der Waals surface area contributed by atoms with Gasteiger partial charge in [0.15, 0.2) is 0 Å². The lowest BCUT2D eigenvalue weighted by atomic mass is 10.1. The summed E-state index contributed by atoms with van der Waals surface area (Å²) in [6, 6.07) is 16.2. The summed E-state index contributed by atoms with van der Waals surface area (Å²) in [5, 5.41) is 2.93. The lowest BCUT2D eigenvalue weighted by Gasteiger charge is -2.26. The molecule has 3 rings (SSSR count). The quantitative estimate of drug-likeness (QED) is 0.377. The highest BCUT2D eigenvalue weighted by Gasteiger charge is 2.19. The number of ketones is 1. The van der Waals surface area contributed by atoms with Crippen LogP contribution in [0.4, 0.5) is 17.3 Å². The molecular formula is C27H32N4O2. The molecule has 0 aliphatic rings. The normalized spacial score (nSPS) is 10.6. The van der Waals surface area contributed by atoms with Crippen molar-refractivity contribution >= 4 is 29.0 Å². The molecule has 0 unspecified atom stereocenters. The van der Waals surface area contributed by atoms with E-state index in [0.717, 1.165) is 48.2 Å². The average Bonchev–Trinajstić information content (AvgIpc) is 2.81. The number of benzene rings is 2. The van der Waals surface area contributed by atoms with Crippen LogP contribution in [0.3, 0.4) is 0 Å². The number of amides is 1. The van der Waals surface area contributed by atoms with Gasteiger partial charge in [-0.05, 0) is 56.9 Å². The van der Waals surface area contributed by atoms with E-state index in [4.69, 9.17) is 0 Å². The van der Waals surface area contributed by atoms with Gasteiger partial charge in [0, 0.05) is 25.4 Å². The Bertz CT molecular complexity index is 1030. The number of aryl methyl sites for hydroxylation is 2. The predicted octanol–water partition coefficient (Wildman–Crippen LogP) is 5.83. The molecule has 0 radical (unpaired) electrons. The molecule has 6 nitrogen and oxygen atoms in total. The maximum atomic E-state index is 12.5. The third-order valence-corrected chi connectivity index (χ3v) is 5.55. The van der Waals surface area contributed by atoms with E-state index in [1.807, 2.05) is 41.3 Å². The Hall–Kier alpha value is -3.54. The highest BCUT2D eigenvalue weighted by molar-refractivity contribution is 5.93. The summed E-state index contributed by atoms with van der Waals surface area (Å²) in [5.74, 6) is 0.569. The molecule has 2 aromatic carbocycles. The van der Waals surface area contributed by atoms with Gasteiger partial charge in [-0.15, -0.1) is 0 Å². The number of Topliss-reactive ketones (excluding diaryl/α,β-unsaturated/α-hetero) is 1. The monoisotopic (exact) mass is 444 g/mol. The van der Waals surface area contributed by atoms with Gasteiger partial charge >= 0.3 is 0 Å². The summed E-state index contributed by atoms with van der Waals surface area (Å²) >= 11 is 0. The minimum atomic E-state index is -0.177. The largest absolute Gasteiger partial charge is 0.352 e.